The Hall–Kier alpha value is -2.04. The van der Waals surface area contributed by atoms with Gasteiger partial charge >= 0.3 is 5.97 Å². The molecule has 0 fully saturated rings. The van der Waals surface area contributed by atoms with Gasteiger partial charge in [0.1, 0.15) is 11.3 Å². The van der Waals surface area contributed by atoms with Gasteiger partial charge in [-0.25, -0.2) is 4.79 Å². The lowest BCUT2D eigenvalue weighted by Crippen LogP contribution is -2.15. The number of methoxy groups -OCH3 is 1. The number of aromatic hydroxyl groups is 1. The Morgan fingerprint density at radius 1 is 1.24 bits per heavy atom. The van der Waals surface area contributed by atoms with Crippen molar-refractivity contribution in [3.05, 3.63) is 53.1 Å². The maximum atomic E-state index is 12.6. The van der Waals surface area contributed by atoms with Crippen molar-refractivity contribution in [2.45, 2.75) is 33.0 Å². The standard InChI is InChI=1S/C20H23ClO4/c1-13(2)25-20(23)19-17(22)11-15(12-24-3)16(9-10-21)18(19)14-7-5-4-6-8-14/h4-8,11,13,22H,9-10,12H2,1-3H3. The van der Waals surface area contributed by atoms with E-state index >= 15 is 0 Å². The van der Waals surface area contributed by atoms with Gasteiger partial charge in [0.2, 0.25) is 0 Å². The number of hydrogen-bond acceptors (Lipinski definition) is 4. The molecule has 2 rings (SSSR count). The van der Waals surface area contributed by atoms with Gasteiger partial charge in [-0.3, -0.25) is 0 Å². The average molecular weight is 363 g/mol. The summed E-state index contributed by atoms with van der Waals surface area (Å²) >= 11 is 6.00. The molecule has 0 heterocycles. The molecule has 4 nitrogen and oxygen atoms in total. The Labute approximate surface area is 153 Å². The highest BCUT2D eigenvalue weighted by molar-refractivity contribution is 6.18. The zero-order valence-corrected chi connectivity index (χ0v) is 15.5. The molecule has 0 aromatic heterocycles. The van der Waals surface area contributed by atoms with Crippen molar-refractivity contribution >= 4 is 17.6 Å². The molecular weight excluding hydrogens is 340 g/mol. The number of phenolic OH excluding ortho intramolecular Hbond substituents is 1. The predicted molar refractivity (Wildman–Crippen MR) is 99.2 cm³/mol. The van der Waals surface area contributed by atoms with Gasteiger partial charge in [0, 0.05) is 18.6 Å². The highest BCUT2D eigenvalue weighted by Crippen LogP contribution is 2.37. The number of benzene rings is 2. The van der Waals surface area contributed by atoms with Crippen LogP contribution in [0.1, 0.15) is 35.3 Å². The Kier molecular flexibility index (Phi) is 6.85. The van der Waals surface area contributed by atoms with Crippen LogP contribution in [0, 0.1) is 0 Å². The maximum Gasteiger partial charge on any atom is 0.342 e. The Bertz CT molecular complexity index is 726. The Morgan fingerprint density at radius 2 is 1.92 bits per heavy atom. The zero-order chi connectivity index (χ0) is 18.4. The highest BCUT2D eigenvalue weighted by atomic mass is 35.5. The summed E-state index contributed by atoms with van der Waals surface area (Å²) in [5.41, 5.74) is 3.34. The molecule has 0 aliphatic carbocycles. The van der Waals surface area contributed by atoms with E-state index in [9.17, 15) is 9.90 Å². The minimum absolute atomic E-state index is 0.116. The van der Waals surface area contributed by atoms with Gasteiger partial charge in [-0.15, -0.1) is 11.6 Å². The molecule has 0 radical (unpaired) electrons. The van der Waals surface area contributed by atoms with E-state index < -0.39 is 5.97 Å². The monoisotopic (exact) mass is 362 g/mol. The summed E-state index contributed by atoms with van der Waals surface area (Å²) in [5.74, 6) is -0.277. The third-order valence-corrected chi connectivity index (χ3v) is 3.95. The molecule has 25 heavy (non-hydrogen) atoms. The van der Waals surface area contributed by atoms with Crippen molar-refractivity contribution in [3.63, 3.8) is 0 Å². The van der Waals surface area contributed by atoms with Crippen LogP contribution in [-0.4, -0.2) is 30.2 Å². The van der Waals surface area contributed by atoms with Crippen molar-refractivity contribution in [2.75, 3.05) is 13.0 Å². The second kappa shape index (κ2) is 8.88. The number of halogens is 1. The molecule has 0 spiro atoms. The molecule has 0 bridgehead atoms. The van der Waals surface area contributed by atoms with Gasteiger partial charge in [0.25, 0.3) is 0 Å². The Morgan fingerprint density at radius 3 is 2.48 bits per heavy atom. The molecule has 0 atom stereocenters. The number of alkyl halides is 1. The number of carbonyl (C=O) groups excluding carboxylic acids is 1. The van der Waals surface area contributed by atoms with Crippen molar-refractivity contribution in [1.29, 1.82) is 0 Å². The van der Waals surface area contributed by atoms with Crippen LogP contribution in [0.15, 0.2) is 36.4 Å². The summed E-state index contributed by atoms with van der Waals surface area (Å²) in [6, 6.07) is 11.0. The number of phenols is 1. The molecule has 0 unspecified atom stereocenters. The molecular formula is C20H23ClO4. The van der Waals surface area contributed by atoms with Crippen LogP contribution < -0.4 is 0 Å². The second-order valence-electron chi connectivity index (χ2n) is 5.98. The quantitative estimate of drug-likeness (QED) is 0.579. The lowest BCUT2D eigenvalue weighted by Gasteiger charge is -2.20. The van der Waals surface area contributed by atoms with E-state index in [4.69, 9.17) is 21.1 Å². The summed E-state index contributed by atoms with van der Waals surface area (Å²) in [6.07, 6.45) is 0.262. The summed E-state index contributed by atoms with van der Waals surface area (Å²) in [4.78, 5) is 12.6. The molecule has 2 aromatic carbocycles. The highest BCUT2D eigenvalue weighted by Gasteiger charge is 2.25. The number of carbonyl (C=O) groups is 1. The summed E-state index contributed by atoms with van der Waals surface area (Å²) < 4.78 is 10.6. The van der Waals surface area contributed by atoms with Crippen LogP contribution in [0.2, 0.25) is 0 Å². The van der Waals surface area contributed by atoms with E-state index in [0.29, 0.717) is 24.5 Å². The fraction of sp³-hybridized carbons (Fsp3) is 0.350. The number of ether oxygens (including phenoxy) is 2. The van der Waals surface area contributed by atoms with E-state index in [1.807, 2.05) is 30.3 Å². The van der Waals surface area contributed by atoms with Crippen LogP contribution >= 0.6 is 11.6 Å². The van der Waals surface area contributed by atoms with Gasteiger partial charge in [0.05, 0.1) is 12.7 Å². The number of rotatable bonds is 7. The van der Waals surface area contributed by atoms with E-state index in [0.717, 1.165) is 16.7 Å². The fourth-order valence-electron chi connectivity index (χ4n) is 2.83. The first kappa shape index (κ1) is 19.3. The molecule has 0 aliphatic rings. The zero-order valence-electron chi connectivity index (χ0n) is 14.7. The molecule has 5 heteroatoms. The van der Waals surface area contributed by atoms with Crippen molar-refractivity contribution in [2.24, 2.45) is 0 Å². The molecule has 1 N–H and O–H groups in total. The molecule has 134 valence electrons. The maximum absolute atomic E-state index is 12.6. The molecule has 2 aromatic rings. The molecule has 0 saturated heterocycles. The van der Waals surface area contributed by atoms with E-state index in [1.54, 1.807) is 27.0 Å². The predicted octanol–water partition coefficient (Wildman–Crippen LogP) is 4.55. The third kappa shape index (κ3) is 4.53. The normalized spacial score (nSPS) is 10.9. The van der Waals surface area contributed by atoms with Crippen molar-refractivity contribution < 1.29 is 19.4 Å². The smallest absolute Gasteiger partial charge is 0.342 e. The van der Waals surface area contributed by atoms with E-state index in [1.165, 1.54) is 0 Å². The van der Waals surface area contributed by atoms with Gasteiger partial charge in [-0.05, 0) is 43.0 Å². The molecule has 0 saturated carbocycles. The lowest BCUT2D eigenvalue weighted by atomic mass is 9.88. The van der Waals surface area contributed by atoms with Crippen molar-refractivity contribution in [3.8, 4) is 16.9 Å². The lowest BCUT2D eigenvalue weighted by molar-refractivity contribution is 0.0375. The van der Waals surface area contributed by atoms with Gasteiger partial charge in [-0.2, -0.15) is 0 Å². The largest absolute Gasteiger partial charge is 0.507 e. The minimum atomic E-state index is -0.550. The van der Waals surface area contributed by atoms with E-state index in [-0.39, 0.29) is 17.4 Å². The SMILES string of the molecule is COCc1cc(O)c(C(=O)OC(C)C)c(-c2ccccc2)c1CCCl. The topological polar surface area (TPSA) is 55.8 Å². The van der Waals surface area contributed by atoms with Crippen LogP contribution in [0.4, 0.5) is 0 Å². The number of hydrogen-bond donors (Lipinski definition) is 1. The third-order valence-electron chi connectivity index (χ3n) is 3.76. The first-order valence-corrected chi connectivity index (χ1v) is 8.72. The van der Waals surface area contributed by atoms with Crippen LogP contribution in [0.3, 0.4) is 0 Å². The van der Waals surface area contributed by atoms with Crippen LogP contribution in [0.5, 0.6) is 5.75 Å². The average Bonchev–Trinajstić information content (AvgIpc) is 2.57. The van der Waals surface area contributed by atoms with Gasteiger partial charge < -0.3 is 14.6 Å². The first-order chi connectivity index (χ1) is 12.0. The summed E-state index contributed by atoms with van der Waals surface area (Å²) in [6.45, 7) is 3.87. The van der Waals surface area contributed by atoms with Crippen LogP contribution in [0.25, 0.3) is 11.1 Å². The summed E-state index contributed by atoms with van der Waals surface area (Å²) in [5, 5.41) is 10.5. The fourth-order valence-corrected chi connectivity index (χ4v) is 3.02. The molecule has 0 aliphatic heterocycles. The minimum Gasteiger partial charge on any atom is -0.507 e. The molecule has 0 amide bonds. The number of esters is 1. The second-order valence-corrected chi connectivity index (χ2v) is 6.35. The first-order valence-electron chi connectivity index (χ1n) is 8.18. The van der Waals surface area contributed by atoms with Gasteiger partial charge in [-0.1, -0.05) is 30.3 Å². The van der Waals surface area contributed by atoms with Crippen LogP contribution in [-0.2, 0) is 22.5 Å². The summed E-state index contributed by atoms with van der Waals surface area (Å²) in [7, 11) is 1.59. The van der Waals surface area contributed by atoms with E-state index in [2.05, 4.69) is 0 Å². The Balaban J connectivity index is 2.77. The van der Waals surface area contributed by atoms with Crippen molar-refractivity contribution in [1.82, 2.24) is 0 Å². The van der Waals surface area contributed by atoms with Gasteiger partial charge in [0.15, 0.2) is 0 Å².